The molecule has 0 aliphatic carbocycles. The first-order chi connectivity index (χ1) is 9.34. The highest BCUT2D eigenvalue weighted by atomic mass is 19.3. The van der Waals surface area contributed by atoms with Crippen LogP contribution in [-0.4, -0.2) is 24.9 Å². The van der Waals surface area contributed by atoms with Crippen molar-refractivity contribution in [3.8, 4) is 0 Å². The first-order valence-electron chi connectivity index (χ1n) is 6.12. The van der Waals surface area contributed by atoms with E-state index in [2.05, 4.69) is 5.32 Å². The van der Waals surface area contributed by atoms with E-state index in [0.29, 0.717) is 18.4 Å². The van der Waals surface area contributed by atoms with Gasteiger partial charge in [-0.3, -0.25) is 4.79 Å². The summed E-state index contributed by atoms with van der Waals surface area (Å²) in [5.41, 5.74) is 5.37. The first-order valence-corrected chi connectivity index (χ1v) is 6.12. The topological polar surface area (TPSA) is 55.1 Å². The summed E-state index contributed by atoms with van der Waals surface area (Å²) in [6, 6.07) is 3.47. The molecule has 1 aromatic rings. The fourth-order valence-electron chi connectivity index (χ4n) is 1.54. The van der Waals surface area contributed by atoms with Gasteiger partial charge in [-0.15, -0.1) is 0 Å². The lowest BCUT2D eigenvalue weighted by Crippen LogP contribution is -2.41. The number of halogens is 4. The maximum Gasteiger partial charge on any atom is 0.277 e. The fourth-order valence-corrected chi connectivity index (χ4v) is 1.54. The summed E-state index contributed by atoms with van der Waals surface area (Å²) in [6.07, 6.45) is 0.739. The molecular weight excluding hydrogens is 276 g/mol. The van der Waals surface area contributed by atoms with Crippen LogP contribution in [0.1, 0.15) is 18.4 Å². The third-order valence-corrected chi connectivity index (χ3v) is 2.70. The van der Waals surface area contributed by atoms with Crippen molar-refractivity contribution in [1.82, 2.24) is 5.32 Å². The molecule has 0 aromatic heterocycles. The average molecular weight is 292 g/mol. The minimum atomic E-state index is -3.12. The van der Waals surface area contributed by atoms with Crippen LogP contribution in [0.5, 0.6) is 0 Å². The minimum absolute atomic E-state index is 0.0274. The molecule has 0 unspecified atom stereocenters. The summed E-state index contributed by atoms with van der Waals surface area (Å²) >= 11 is 0. The number of nitrogens with two attached hydrogens (primary N) is 1. The molecule has 0 heterocycles. The normalized spacial score (nSPS) is 11.4. The maximum atomic E-state index is 12.9. The number of carbonyl (C=O) groups is 1. The molecule has 1 rings (SSSR count). The fraction of sp³-hybridized carbons (Fsp3) is 0.462. The first kappa shape index (κ1) is 16.4. The van der Waals surface area contributed by atoms with Crippen LogP contribution in [-0.2, 0) is 11.2 Å². The summed E-state index contributed by atoms with van der Waals surface area (Å²) in [6.45, 7) is -1.63. The Bertz CT molecular complexity index is 466. The quantitative estimate of drug-likeness (QED) is 0.755. The second-order valence-corrected chi connectivity index (χ2v) is 4.44. The number of nitrogens with one attached hydrogen (secondary N) is 1. The summed E-state index contributed by atoms with van der Waals surface area (Å²) in [7, 11) is 0. The maximum absolute atomic E-state index is 12.9. The Labute approximate surface area is 114 Å². The Hall–Kier alpha value is -1.63. The highest BCUT2D eigenvalue weighted by molar-refractivity contribution is 5.75. The van der Waals surface area contributed by atoms with Crippen LogP contribution in [0.2, 0.25) is 0 Å². The summed E-state index contributed by atoms with van der Waals surface area (Å²) in [5, 5.41) is 2.08. The predicted octanol–water partition coefficient (Wildman–Crippen LogP) is 2.00. The molecule has 0 bridgehead atoms. The smallest absolute Gasteiger partial charge is 0.277 e. The largest absolute Gasteiger partial charge is 0.350 e. The van der Waals surface area contributed by atoms with Gasteiger partial charge in [-0.05, 0) is 30.5 Å². The number of hydrogen-bond donors (Lipinski definition) is 2. The van der Waals surface area contributed by atoms with E-state index in [9.17, 15) is 22.4 Å². The summed E-state index contributed by atoms with van der Waals surface area (Å²) in [5.74, 6) is -5.53. The zero-order valence-corrected chi connectivity index (χ0v) is 10.8. The van der Waals surface area contributed by atoms with Crippen LogP contribution >= 0.6 is 0 Å². The van der Waals surface area contributed by atoms with Crippen molar-refractivity contribution in [2.75, 3.05) is 13.1 Å². The van der Waals surface area contributed by atoms with Gasteiger partial charge in [0.05, 0.1) is 13.1 Å². The number of amides is 1. The highest BCUT2D eigenvalue weighted by Gasteiger charge is 2.26. The predicted molar refractivity (Wildman–Crippen MR) is 66.3 cm³/mol. The molecule has 0 fully saturated rings. The number of benzene rings is 1. The zero-order chi connectivity index (χ0) is 15.2. The van der Waals surface area contributed by atoms with E-state index in [1.54, 1.807) is 0 Å². The van der Waals surface area contributed by atoms with E-state index in [4.69, 9.17) is 5.73 Å². The Balaban J connectivity index is 2.30. The Morgan fingerprint density at radius 1 is 1.25 bits per heavy atom. The Morgan fingerprint density at radius 3 is 2.55 bits per heavy atom. The Kier molecular flexibility index (Phi) is 5.94. The van der Waals surface area contributed by atoms with Crippen molar-refractivity contribution in [2.24, 2.45) is 5.73 Å². The third-order valence-electron chi connectivity index (χ3n) is 2.70. The lowest BCUT2D eigenvalue weighted by atomic mass is 10.1. The van der Waals surface area contributed by atoms with Crippen molar-refractivity contribution in [3.05, 3.63) is 35.4 Å². The second kappa shape index (κ2) is 7.23. The lowest BCUT2D eigenvalue weighted by Gasteiger charge is -2.14. The van der Waals surface area contributed by atoms with E-state index in [-0.39, 0.29) is 6.42 Å². The Morgan fingerprint density at radius 2 is 1.95 bits per heavy atom. The number of aryl methyl sites for hydroxylation is 1. The molecule has 20 heavy (non-hydrogen) atoms. The lowest BCUT2D eigenvalue weighted by molar-refractivity contribution is -0.122. The van der Waals surface area contributed by atoms with E-state index >= 15 is 0 Å². The highest BCUT2D eigenvalue weighted by Crippen LogP contribution is 2.12. The molecule has 7 heteroatoms. The van der Waals surface area contributed by atoms with Gasteiger partial charge in [0.15, 0.2) is 11.6 Å². The van der Waals surface area contributed by atoms with Gasteiger partial charge in [-0.2, -0.15) is 0 Å². The molecule has 0 saturated carbocycles. The van der Waals surface area contributed by atoms with E-state index in [0.717, 1.165) is 12.1 Å². The number of hydrogen-bond acceptors (Lipinski definition) is 2. The van der Waals surface area contributed by atoms with E-state index < -0.39 is 36.6 Å². The van der Waals surface area contributed by atoms with Gasteiger partial charge >= 0.3 is 0 Å². The van der Waals surface area contributed by atoms with Crippen molar-refractivity contribution >= 4 is 5.91 Å². The van der Waals surface area contributed by atoms with Gasteiger partial charge in [0, 0.05) is 6.42 Å². The van der Waals surface area contributed by atoms with Crippen LogP contribution in [0.4, 0.5) is 17.6 Å². The van der Waals surface area contributed by atoms with Crippen molar-refractivity contribution in [1.29, 1.82) is 0 Å². The van der Waals surface area contributed by atoms with Crippen LogP contribution in [0, 0.1) is 11.6 Å². The van der Waals surface area contributed by atoms with Gasteiger partial charge < -0.3 is 11.1 Å². The standard InChI is InChI=1S/C13H16F4N2O/c14-10-5-4-9(6-11(10)15)2-1-3-12(20)19-8-13(16,17)7-18/h4-6H,1-3,7-8,18H2,(H,19,20). The second-order valence-electron chi connectivity index (χ2n) is 4.44. The van der Waals surface area contributed by atoms with Crippen LogP contribution in [0.25, 0.3) is 0 Å². The third kappa shape index (κ3) is 5.56. The van der Waals surface area contributed by atoms with Gasteiger partial charge in [-0.1, -0.05) is 6.07 Å². The van der Waals surface area contributed by atoms with Gasteiger partial charge in [0.2, 0.25) is 5.91 Å². The van der Waals surface area contributed by atoms with Crippen molar-refractivity contribution < 1.29 is 22.4 Å². The molecule has 0 saturated heterocycles. The molecule has 1 amide bonds. The SMILES string of the molecule is NCC(F)(F)CNC(=O)CCCc1ccc(F)c(F)c1. The number of carbonyl (C=O) groups excluding carboxylic acids is 1. The van der Waals surface area contributed by atoms with Gasteiger partial charge in [0.25, 0.3) is 5.92 Å². The van der Waals surface area contributed by atoms with E-state index in [1.165, 1.54) is 6.07 Å². The van der Waals surface area contributed by atoms with Gasteiger partial charge in [-0.25, -0.2) is 17.6 Å². The molecule has 0 radical (unpaired) electrons. The molecule has 0 aliphatic rings. The molecule has 0 aliphatic heterocycles. The monoisotopic (exact) mass is 292 g/mol. The van der Waals surface area contributed by atoms with E-state index in [1.807, 2.05) is 0 Å². The minimum Gasteiger partial charge on any atom is -0.350 e. The van der Waals surface area contributed by atoms with Crippen molar-refractivity contribution in [2.45, 2.75) is 25.2 Å². The van der Waals surface area contributed by atoms with Crippen molar-refractivity contribution in [3.63, 3.8) is 0 Å². The molecule has 112 valence electrons. The average Bonchev–Trinajstić information content (AvgIpc) is 2.41. The molecule has 3 nitrogen and oxygen atoms in total. The van der Waals surface area contributed by atoms with Gasteiger partial charge in [0.1, 0.15) is 0 Å². The molecule has 3 N–H and O–H groups in total. The number of rotatable bonds is 7. The summed E-state index contributed by atoms with van der Waals surface area (Å²) in [4.78, 5) is 11.3. The van der Waals surface area contributed by atoms with Crippen LogP contribution in [0.3, 0.4) is 0 Å². The zero-order valence-electron chi connectivity index (χ0n) is 10.8. The molecular formula is C13H16F4N2O. The molecule has 0 spiro atoms. The molecule has 1 aromatic carbocycles. The van der Waals surface area contributed by atoms with Crippen LogP contribution in [0.15, 0.2) is 18.2 Å². The number of alkyl halides is 2. The molecule has 0 atom stereocenters. The van der Waals surface area contributed by atoms with Crippen LogP contribution < -0.4 is 11.1 Å². The summed E-state index contributed by atoms with van der Waals surface area (Å²) < 4.78 is 51.1.